The van der Waals surface area contributed by atoms with Crippen molar-refractivity contribution >= 4 is 17.9 Å². The summed E-state index contributed by atoms with van der Waals surface area (Å²) in [5, 5.41) is 0. The molecule has 1 unspecified atom stereocenters. The molecular weight excluding hydrogens is 1010 g/mol. The lowest BCUT2D eigenvalue weighted by molar-refractivity contribution is -0.167. The van der Waals surface area contributed by atoms with Gasteiger partial charge in [0.2, 0.25) is 0 Å². The number of carbonyl (C=O) groups excluding carboxylic acids is 3. The van der Waals surface area contributed by atoms with Gasteiger partial charge in [-0.05, 0) is 109 Å². The minimum absolute atomic E-state index is 0.0955. The summed E-state index contributed by atoms with van der Waals surface area (Å²) >= 11 is 0. The molecule has 0 aliphatic heterocycles. The molecule has 0 aromatic heterocycles. The van der Waals surface area contributed by atoms with E-state index < -0.39 is 6.10 Å². The van der Waals surface area contributed by atoms with Gasteiger partial charge in [-0.3, -0.25) is 14.4 Å². The van der Waals surface area contributed by atoms with Crippen LogP contribution in [0.4, 0.5) is 0 Å². The highest BCUT2D eigenvalue weighted by Gasteiger charge is 2.19. The highest BCUT2D eigenvalue weighted by Crippen LogP contribution is 2.17. The van der Waals surface area contributed by atoms with Crippen molar-refractivity contribution in [3.8, 4) is 0 Å². The molecule has 0 aromatic rings. The number of esters is 3. The standard InChI is InChI=1S/C76H128O6/c1-4-7-10-13-16-19-22-25-28-31-33-34-35-36-37-38-39-40-41-42-44-45-48-51-54-57-60-63-66-69-75(78)81-72-73(71-80-74(77)68-65-62-59-56-53-50-47-30-27-24-21-18-15-12-9-6-3)82-76(79)70-67-64-61-58-55-52-49-46-43-32-29-26-23-20-17-14-11-8-5-2/h7,10,16,19,25-26,28-29,33-34,36-37,39-40,42,44,48,51,57,60,73H,4-6,8-9,11-15,17-18,20-24,27,30-32,35,38,41,43,45-47,49-50,52-56,58-59,61-72H2,1-3H3/b10-7-,19-16-,28-25-,29-26-,34-33-,37-36-,40-39-,44-42-,51-48-,60-57-. The molecule has 0 saturated heterocycles. The topological polar surface area (TPSA) is 78.9 Å². The molecule has 6 nitrogen and oxygen atoms in total. The van der Waals surface area contributed by atoms with Crippen LogP contribution in [0.15, 0.2) is 122 Å². The Kier molecular flexibility index (Phi) is 65.8. The van der Waals surface area contributed by atoms with Gasteiger partial charge in [0.15, 0.2) is 6.10 Å². The lowest BCUT2D eigenvalue weighted by atomic mass is 10.0. The third-order valence-electron chi connectivity index (χ3n) is 14.7. The summed E-state index contributed by atoms with van der Waals surface area (Å²) in [5.41, 5.74) is 0. The van der Waals surface area contributed by atoms with E-state index in [1.54, 1.807) is 0 Å². The van der Waals surface area contributed by atoms with E-state index in [1.165, 1.54) is 173 Å². The lowest BCUT2D eigenvalue weighted by Gasteiger charge is -2.18. The molecule has 0 spiro atoms. The van der Waals surface area contributed by atoms with Crippen LogP contribution < -0.4 is 0 Å². The van der Waals surface area contributed by atoms with E-state index in [-0.39, 0.29) is 37.5 Å². The maximum absolute atomic E-state index is 12.9. The molecule has 0 aliphatic rings. The van der Waals surface area contributed by atoms with Crippen molar-refractivity contribution in [3.63, 3.8) is 0 Å². The first kappa shape index (κ1) is 77.8. The van der Waals surface area contributed by atoms with E-state index in [4.69, 9.17) is 14.2 Å². The summed E-state index contributed by atoms with van der Waals surface area (Å²) in [6, 6.07) is 0. The molecule has 0 bridgehead atoms. The zero-order valence-electron chi connectivity index (χ0n) is 53.7. The fourth-order valence-electron chi connectivity index (χ4n) is 9.56. The monoisotopic (exact) mass is 1140 g/mol. The highest BCUT2D eigenvalue weighted by molar-refractivity contribution is 5.71. The third kappa shape index (κ3) is 66.6. The number of ether oxygens (including phenoxy) is 3. The average Bonchev–Trinajstić information content (AvgIpc) is 3.47. The molecule has 0 saturated carbocycles. The van der Waals surface area contributed by atoms with Gasteiger partial charge >= 0.3 is 17.9 Å². The number of allylic oxidation sites excluding steroid dienone is 20. The van der Waals surface area contributed by atoms with Crippen LogP contribution in [0, 0.1) is 0 Å². The van der Waals surface area contributed by atoms with Gasteiger partial charge in [0.25, 0.3) is 0 Å². The number of hydrogen-bond donors (Lipinski definition) is 0. The highest BCUT2D eigenvalue weighted by atomic mass is 16.6. The second kappa shape index (κ2) is 69.3. The van der Waals surface area contributed by atoms with Crippen LogP contribution in [0.2, 0.25) is 0 Å². The molecule has 0 aromatic carbocycles. The maximum atomic E-state index is 12.9. The molecule has 0 fully saturated rings. The largest absolute Gasteiger partial charge is 0.462 e. The first-order valence-electron chi connectivity index (χ1n) is 34.5. The second-order valence-electron chi connectivity index (χ2n) is 22.7. The van der Waals surface area contributed by atoms with E-state index in [1.807, 2.05) is 0 Å². The Morgan fingerprint density at radius 3 is 0.805 bits per heavy atom. The van der Waals surface area contributed by atoms with Gasteiger partial charge in [-0.2, -0.15) is 0 Å². The SMILES string of the molecule is CC/C=C\C/C=C\C/C=C\C/C=C\C/C=C\C/C=C\C/C=C\C/C=C\C/C=C\CCCC(=O)OCC(COC(=O)CCCCCCCCCCCCCCCCCC)OC(=O)CCCCCCCCCCC/C=C\CCCCCCCC. The molecule has 0 aliphatic carbocycles. The smallest absolute Gasteiger partial charge is 0.306 e. The Bertz CT molecular complexity index is 1690. The van der Waals surface area contributed by atoms with Gasteiger partial charge in [0.05, 0.1) is 0 Å². The minimum atomic E-state index is -0.805. The normalized spacial score (nSPS) is 12.9. The molecular formula is C76H128O6. The Labute approximate surface area is 507 Å². The van der Waals surface area contributed by atoms with E-state index in [0.717, 1.165) is 103 Å². The number of carbonyl (C=O) groups is 3. The summed E-state index contributed by atoms with van der Waals surface area (Å²) in [4.78, 5) is 38.4. The van der Waals surface area contributed by atoms with Crippen LogP contribution >= 0.6 is 0 Å². The zero-order valence-corrected chi connectivity index (χ0v) is 53.7. The second-order valence-corrected chi connectivity index (χ2v) is 22.7. The number of hydrogen-bond acceptors (Lipinski definition) is 6. The number of rotatable bonds is 62. The van der Waals surface area contributed by atoms with Crippen molar-refractivity contribution in [2.24, 2.45) is 0 Å². The molecule has 468 valence electrons. The molecule has 82 heavy (non-hydrogen) atoms. The van der Waals surface area contributed by atoms with E-state index in [0.29, 0.717) is 19.3 Å². The van der Waals surface area contributed by atoms with E-state index in [2.05, 4.69) is 142 Å². The quantitative estimate of drug-likeness (QED) is 0.0261. The van der Waals surface area contributed by atoms with Crippen LogP contribution in [0.1, 0.15) is 323 Å². The van der Waals surface area contributed by atoms with Crippen molar-refractivity contribution in [1.82, 2.24) is 0 Å². The van der Waals surface area contributed by atoms with Crippen molar-refractivity contribution in [3.05, 3.63) is 122 Å². The average molecular weight is 1140 g/mol. The van der Waals surface area contributed by atoms with Gasteiger partial charge in [0, 0.05) is 19.3 Å². The predicted octanol–water partition coefficient (Wildman–Crippen LogP) is 23.9. The molecule has 0 amide bonds. The third-order valence-corrected chi connectivity index (χ3v) is 14.7. The summed E-state index contributed by atoms with van der Waals surface area (Å²) in [7, 11) is 0. The summed E-state index contributed by atoms with van der Waals surface area (Å²) in [5.74, 6) is -0.948. The molecule has 0 radical (unpaired) electrons. The van der Waals surface area contributed by atoms with Crippen molar-refractivity contribution in [2.45, 2.75) is 329 Å². The van der Waals surface area contributed by atoms with Crippen LogP contribution in [-0.2, 0) is 28.6 Å². The summed E-state index contributed by atoms with van der Waals surface area (Å²) < 4.78 is 16.9. The molecule has 0 heterocycles. The molecule has 1 atom stereocenters. The Balaban J connectivity index is 4.45. The fourth-order valence-corrected chi connectivity index (χ4v) is 9.56. The Hall–Kier alpha value is -4.19. The van der Waals surface area contributed by atoms with E-state index in [9.17, 15) is 14.4 Å². The molecule has 6 heteroatoms. The minimum Gasteiger partial charge on any atom is -0.462 e. The first-order chi connectivity index (χ1) is 40.5. The maximum Gasteiger partial charge on any atom is 0.306 e. The zero-order chi connectivity index (χ0) is 59.2. The fraction of sp³-hybridized carbons (Fsp3) is 0.697. The molecule has 0 rings (SSSR count). The van der Waals surface area contributed by atoms with Crippen LogP contribution in [0.3, 0.4) is 0 Å². The predicted molar refractivity (Wildman–Crippen MR) is 357 cm³/mol. The Morgan fingerprint density at radius 2 is 0.488 bits per heavy atom. The van der Waals surface area contributed by atoms with Crippen molar-refractivity contribution in [2.75, 3.05) is 13.2 Å². The first-order valence-corrected chi connectivity index (χ1v) is 34.5. The van der Waals surface area contributed by atoms with Gasteiger partial charge < -0.3 is 14.2 Å². The van der Waals surface area contributed by atoms with Crippen LogP contribution in [-0.4, -0.2) is 37.2 Å². The van der Waals surface area contributed by atoms with Gasteiger partial charge in [0.1, 0.15) is 13.2 Å². The summed E-state index contributed by atoms with van der Waals surface area (Å²) in [6.45, 7) is 6.51. The van der Waals surface area contributed by atoms with Gasteiger partial charge in [-0.1, -0.05) is 316 Å². The van der Waals surface area contributed by atoms with Crippen LogP contribution in [0.25, 0.3) is 0 Å². The number of unbranched alkanes of at least 4 members (excludes halogenated alkanes) is 31. The van der Waals surface area contributed by atoms with Gasteiger partial charge in [-0.25, -0.2) is 0 Å². The molecule has 0 N–H and O–H groups in total. The Morgan fingerprint density at radius 1 is 0.256 bits per heavy atom. The van der Waals surface area contributed by atoms with Crippen molar-refractivity contribution < 1.29 is 28.6 Å². The van der Waals surface area contributed by atoms with Gasteiger partial charge in [-0.15, -0.1) is 0 Å². The summed E-state index contributed by atoms with van der Waals surface area (Å²) in [6.07, 6.45) is 96.4. The van der Waals surface area contributed by atoms with Crippen molar-refractivity contribution in [1.29, 1.82) is 0 Å². The van der Waals surface area contributed by atoms with Crippen LogP contribution in [0.5, 0.6) is 0 Å². The lowest BCUT2D eigenvalue weighted by Crippen LogP contribution is -2.30. The van der Waals surface area contributed by atoms with E-state index >= 15 is 0 Å².